The van der Waals surface area contributed by atoms with Crippen molar-refractivity contribution in [2.45, 2.75) is 0 Å². The summed E-state index contributed by atoms with van der Waals surface area (Å²) < 4.78 is 1.12. The fraction of sp³-hybridized carbons (Fsp3) is 0. The second kappa shape index (κ2) is 5.73. The molecule has 19 heavy (non-hydrogen) atoms. The molecule has 0 saturated carbocycles. The molecule has 0 aliphatic carbocycles. The Morgan fingerprint density at radius 2 is 1.84 bits per heavy atom. The number of benzene rings is 1. The lowest BCUT2D eigenvalue weighted by Gasteiger charge is -2.05. The lowest BCUT2D eigenvalue weighted by molar-refractivity contribution is 1.34. The van der Waals surface area contributed by atoms with Gasteiger partial charge in [-0.2, -0.15) is 0 Å². The smallest absolute Gasteiger partial charge is 0.202 e. The van der Waals surface area contributed by atoms with Gasteiger partial charge in [-0.15, -0.1) is 22.7 Å². The molecule has 0 fully saturated rings. The number of nitrogens with one attached hydrogen (secondary N) is 2. The van der Waals surface area contributed by atoms with E-state index in [4.69, 9.17) is 0 Å². The molecule has 2 heterocycles. The molecule has 2 N–H and O–H groups in total. The molecule has 3 aromatic rings. The maximum atomic E-state index is 4.54. The van der Waals surface area contributed by atoms with Crippen LogP contribution < -0.4 is 10.9 Å². The quantitative estimate of drug-likeness (QED) is 0.644. The molecule has 6 heteroatoms. The second-order valence-corrected chi connectivity index (χ2v) is 7.08. The maximum absolute atomic E-state index is 4.54. The number of aromatic nitrogens is 1. The van der Waals surface area contributed by atoms with Gasteiger partial charge >= 0.3 is 0 Å². The Balaban J connectivity index is 1.68. The Hall–Kier alpha value is -1.37. The van der Waals surface area contributed by atoms with Crippen molar-refractivity contribution in [3.8, 4) is 10.6 Å². The van der Waals surface area contributed by atoms with Crippen molar-refractivity contribution >= 4 is 49.4 Å². The molecule has 2 aromatic heterocycles. The molecule has 0 amide bonds. The van der Waals surface area contributed by atoms with Crippen molar-refractivity contribution in [1.82, 2.24) is 4.98 Å². The molecule has 3 rings (SSSR count). The van der Waals surface area contributed by atoms with Crippen molar-refractivity contribution in [1.29, 1.82) is 0 Å². The SMILES string of the molecule is Brc1ccc(-c2csc(NNc3ccccc3)n2)s1. The van der Waals surface area contributed by atoms with Crippen LogP contribution in [0, 0.1) is 0 Å². The Bertz CT molecular complexity index is 663. The Kier molecular flexibility index (Phi) is 3.82. The number of nitrogens with zero attached hydrogens (tertiary/aromatic N) is 1. The Morgan fingerprint density at radius 1 is 1.00 bits per heavy atom. The molecule has 0 aliphatic heterocycles. The topological polar surface area (TPSA) is 37.0 Å². The molecule has 96 valence electrons. The predicted octanol–water partition coefficient (Wildman–Crippen LogP) is 5.07. The number of para-hydroxylation sites is 1. The van der Waals surface area contributed by atoms with Crippen LogP contribution in [0.4, 0.5) is 10.8 Å². The van der Waals surface area contributed by atoms with Gasteiger partial charge in [0.25, 0.3) is 0 Å². The van der Waals surface area contributed by atoms with Crippen molar-refractivity contribution in [2.24, 2.45) is 0 Å². The molecular formula is C13H10BrN3S2. The van der Waals surface area contributed by atoms with Gasteiger partial charge in [0, 0.05) is 5.38 Å². The normalized spacial score (nSPS) is 10.4. The minimum Gasteiger partial charge on any atom is -0.299 e. The van der Waals surface area contributed by atoms with Gasteiger partial charge in [-0.1, -0.05) is 18.2 Å². The Labute approximate surface area is 127 Å². The summed E-state index contributed by atoms with van der Waals surface area (Å²) in [5.41, 5.74) is 8.24. The van der Waals surface area contributed by atoms with Crippen molar-refractivity contribution in [3.05, 3.63) is 51.6 Å². The van der Waals surface area contributed by atoms with Crippen LogP contribution in [0.5, 0.6) is 0 Å². The molecule has 0 aliphatic rings. The summed E-state index contributed by atoms with van der Waals surface area (Å²) in [5.74, 6) is 0. The Morgan fingerprint density at radius 3 is 2.58 bits per heavy atom. The highest BCUT2D eigenvalue weighted by atomic mass is 79.9. The van der Waals surface area contributed by atoms with Gasteiger partial charge in [0.1, 0.15) is 0 Å². The van der Waals surface area contributed by atoms with Gasteiger partial charge in [0.2, 0.25) is 5.13 Å². The lowest BCUT2D eigenvalue weighted by Crippen LogP contribution is -2.07. The van der Waals surface area contributed by atoms with E-state index >= 15 is 0 Å². The van der Waals surface area contributed by atoms with E-state index in [0.717, 1.165) is 25.2 Å². The fourth-order valence-corrected chi connectivity index (χ4v) is 3.63. The van der Waals surface area contributed by atoms with E-state index in [1.807, 2.05) is 41.8 Å². The van der Waals surface area contributed by atoms with E-state index in [1.165, 1.54) is 0 Å². The van der Waals surface area contributed by atoms with Crippen LogP contribution in [-0.2, 0) is 0 Å². The highest BCUT2D eigenvalue weighted by molar-refractivity contribution is 9.11. The fourth-order valence-electron chi connectivity index (χ4n) is 1.54. The molecule has 0 saturated heterocycles. The van der Waals surface area contributed by atoms with Crippen LogP contribution in [0.2, 0.25) is 0 Å². The average molecular weight is 352 g/mol. The van der Waals surface area contributed by atoms with E-state index in [-0.39, 0.29) is 0 Å². The first kappa shape index (κ1) is 12.7. The van der Waals surface area contributed by atoms with E-state index in [0.29, 0.717) is 0 Å². The van der Waals surface area contributed by atoms with Gasteiger partial charge in [-0.25, -0.2) is 4.98 Å². The lowest BCUT2D eigenvalue weighted by atomic mass is 10.3. The number of halogens is 1. The van der Waals surface area contributed by atoms with Crippen LogP contribution in [0.15, 0.2) is 51.6 Å². The molecule has 0 bridgehead atoms. The number of hydrazine groups is 1. The molecule has 0 atom stereocenters. The zero-order chi connectivity index (χ0) is 13.1. The summed E-state index contributed by atoms with van der Waals surface area (Å²) in [5, 5.41) is 2.90. The number of anilines is 2. The van der Waals surface area contributed by atoms with Crippen LogP contribution >= 0.6 is 38.6 Å². The van der Waals surface area contributed by atoms with E-state index in [9.17, 15) is 0 Å². The third kappa shape index (κ3) is 3.15. The van der Waals surface area contributed by atoms with Gasteiger partial charge in [0.05, 0.1) is 20.0 Å². The van der Waals surface area contributed by atoms with Gasteiger partial charge in [-0.05, 0) is 40.2 Å². The van der Waals surface area contributed by atoms with Gasteiger partial charge in [-0.3, -0.25) is 10.9 Å². The molecule has 0 unspecified atom stereocenters. The van der Waals surface area contributed by atoms with Gasteiger partial charge < -0.3 is 0 Å². The minimum atomic E-state index is 0.850. The first-order valence-electron chi connectivity index (χ1n) is 5.59. The van der Waals surface area contributed by atoms with E-state index < -0.39 is 0 Å². The summed E-state index contributed by atoms with van der Waals surface area (Å²) >= 11 is 6.72. The van der Waals surface area contributed by atoms with Crippen molar-refractivity contribution < 1.29 is 0 Å². The van der Waals surface area contributed by atoms with Crippen molar-refractivity contribution in [2.75, 3.05) is 10.9 Å². The maximum Gasteiger partial charge on any atom is 0.202 e. The molecule has 3 nitrogen and oxygen atoms in total. The highest BCUT2D eigenvalue weighted by Crippen LogP contribution is 2.32. The summed E-state index contributed by atoms with van der Waals surface area (Å²) in [6.45, 7) is 0. The van der Waals surface area contributed by atoms with Gasteiger partial charge in [0.15, 0.2) is 0 Å². The zero-order valence-electron chi connectivity index (χ0n) is 9.76. The average Bonchev–Trinajstić information content (AvgIpc) is 3.06. The summed E-state index contributed by atoms with van der Waals surface area (Å²) in [4.78, 5) is 5.71. The number of thiazole rings is 1. The molecule has 1 aromatic carbocycles. The standard InChI is InChI=1S/C13H10BrN3S2/c14-12-7-6-11(19-12)10-8-18-13(15-10)17-16-9-4-2-1-3-5-9/h1-8,16H,(H,15,17). The molecular weight excluding hydrogens is 342 g/mol. The monoisotopic (exact) mass is 351 g/mol. The minimum absolute atomic E-state index is 0.850. The number of thiophene rings is 1. The highest BCUT2D eigenvalue weighted by Gasteiger charge is 2.06. The third-order valence-corrected chi connectivity index (χ3v) is 4.82. The third-order valence-electron chi connectivity index (χ3n) is 2.42. The predicted molar refractivity (Wildman–Crippen MR) is 86.8 cm³/mol. The van der Waals surface area contributed by atoms with Crippen molar-refractivity contribution in [3.63, 3.8) is 0 Å². The summed E-state index contributed by atoms with van der Waals surface area (Å²) in [7, 11) is 0. The van der Waals surface area contributed by atoms with E-state index in [1.54, 1.807) is 22.7 Å². The van der Waals surface area contributed by atoms with Crippen LogP contribution in [-0.4, -0.2) is 4.98 Å². The largest absolute Gasteiger partial charge is 0.299 e. The second-order valence-electron chi connectivity index (χ2n) is 3.76. The van der Waals surface area contributed by atoms with Crippen LogP contribution in [0.25, 0.3) is 10.6 Å². The van der Waals surface area contributed by atoms with Crippen LogP contribution in [0.1, 0.15) is 0 Å². The number of hydrogen-bond donors (Lipinski definition) is 2. The number of rotatable bonds is 4. The van der Waals surface area contributed by atoms with E-state index in [2.05, 4.69) is 37.8 Å². The summed E-state index contributed by atoms with van der Waals surface area (Å²) in [6, 6.07) is 14.1. The summed E-state index contributed by atoms with van der Waals surface area (Å²) in [6.07, 6.45) is 0. The zero-order valence-corrected chi connectivity index (χ0v) is 13.0. The molecule has 0 spiro atoms. The molecule has 0 radical (unpaired) electrons. The first-order valence-corrected chi connectivity index (χ1v) is 8.08. The number of hydrogen-bond acceptors (Lipinski definition) is 5. The van der Waals surface area contributed by atoms with Crippen LogP contribution in [0.3, 0.4) is 0 Å². The first-order chi connectivity index (χ1) is 9.31.